The molecule has 0 spiro atoms. The Hall–Kier alpha value is -3.29. The molecule has 2 N–H and O–H groups in total. The van der Waals surface area contributed by atoms with E-state index < -0.39 is 6.04 Å². The van der Waals surface area contributed by atoms with Gasteiger partial charge in [-0.1, -0.05) is 89.6 Å². The second-order valence-corrected chi connectivity index (χ2v) is 10.0. The molecule has 0 saturated carbocycles. The number of aromatic nitrogens is 3. The number of amides is 2. The summed E-state index contributed by atoms with van der Waals surface area (Å²) >= 11 is 8.03. The minimum Gasteiger partial charge on any atom is -0.338 e. The number of urea groups is 1. The van der Waals surface area contributed by atoms with E-state index in [0.717, 1.165) is 27.7 Å². The van der Waals surface area contributed by atoms with Crippen LogP contribution in [-0.2, 0) is 12.2 Å². The van der Waals surface area contributed by atoms with Gasteiger partial charge in [0.2, 0.25) is 0 Å². The van der Waals surface area contributed by atoms with Crippen molar-refractivity contribution in [3.63, 3.8) is 0 Å². The minimum absolute atomic E-state index is 0.246. The average Bonchev–Trinajstić information content (AvgIpc) is 3.28. The highest BCUT2D eigenvalue weighted by molar-refractivity contribution is 7.98. The average molecular weight is 520 g/mol. The molecule has 1 heterocycles. The summed E-state index contributed by atoms with van der Waals surface area (Å²) in [7, 11) is 0. The van der Waals surface area contributed by atoms with Gasteiger partial charge >= 0.3 is 6.03 Å². The summed E-state index contributed by atoms with van der Waals surface area (Å²) in [6, 6.07) is 23.6. The van der Waals surface area contributed by atoms with Crippen LogP contribution >= 0.6 is 23.4 Å². The largest absolute Gasteiger partial charge is 0.338 e. The zero-order chi connectivity index (χ0) is 25.5. The van der Waals surface area contributed by atoms with Gasteiger partial charge in [0.1, 0.15) is 0 Å². The number of hydrogen-bond donors (Lipinski definition) is 2. The van der Waals surface area contributed by atoms with Crippen molar-refractivity contribution in [1.82, 2.24) is 25.4 Å². The smallest absolute Gasteiger partial charge is 0.315 e. The van der Waals surface area contributed by atoms with Crippen LogP contribution in [0.1, 0.15) is 41.0 Å². The molecule has 1 aromatic heterocycles. The third-order valence-corrected chi connectivity index (χ3v) is 6.99. The second-order valence-electron chi connectivity index (χ2n) is 8.63. The van der Waals surface area contributed by atoms with Crippen molar-refractivity contribution in [2.24, 2.45) is 0 Å². The Morgan fingerprint density at radius 2 is 1.78 bits per heavy atom. The van der Waals surface area contributed by atoms with Crippen LogP contribution < -0.4 is 10.6 Å². The van der Waals surface area contributed by atoms with Crippen molar-refractivity contribution in [2.75, 3.05) is 6.54 Å². The van der Waals surface area contributed by atoms with Gasteiger partial charge in [0.25, 0.3) is 0 Å². The Kier molecular flexibility index (Phi) is 8.67. The number of aryl methyl sites for hydroxylation is 2. The highest BCUT2D eigenvalue weighted by Gasteiger charge is 2.25. The zero-order valence-electron chi connectivity index (χ0n) is 20.7. The monoisotopic (exact) mass is 519 g/mol. The summed E-state index contributed by atoms with van der Waals surface area (Å²) in [6.07, 6.45) is 0.568. The molecule has 1 unspecified atom stereocenters. The number of nitrogens with zero attached hydrogens (tertiary/aromatic N) is 3. The third kappa shape index (κ3) is 6.47. The van der Waals surface area contributed by atoms with E-state index in [4.69, 9.17) is 11.6 Å². The lowest BCUT2D eigenvalue weighted by molar-refractivity contribution is 0.237. The van der Waals surface area contributed by atoms with Crippen LogP contribution in [0.2, 0.25) is 5.02 Å². The number of thioether (sulfide) groups is 1. The first-order valence-electron chi connectivity index (χ1n) is 11.9. The molecule has 4 rings (SSSR count). The molecule has 0 aliphatic heterocycles. The fourth-order valence-corrected chi connectivity index (χ4v) is 5.09. The first-order chi connectivity index (χ1) is 17.4. The Balaban J connectivity index is 1.77. The lowest BCUT2D eigenvalue weighted by Gasteiger charge is -2.21. The van der Waals surface area contributed by atoms with Crippen molar-refractivity contribution < 1.29 is 4.79 Å². The molecular formula is C28H30ClN5OS. The highest BCUT2D eigenvalue weighted by Crippen LogP contribution is 2.31. The van der Waals surface area contributed by atoms with Gasteiger partial charge in [0.15, 0.2) is 11.0 Å². The van der Waals surface area contributed by atoms with E-state index in [1.807, 2.05) is 66.9 Å². The van der Waals surface area contributed by atoms with Crippen LogP contribution in [0, 0.1) is 13.8 Å². The fourth-order valence-electron chi connectivity index (χ4n) is 4.03. The van der Waals surface area contributed by atoms with Gasteiger partial charge in [0.05, 0.1) is 11.7 Å². The Bertz CT molecular complexity index is 1320. The van der Waals surface area contributed by atoms with Crippen LogP contribution in [0.5, 0.6) is 0 Å². The molecule has 0 saturated heterocycles. The van der Waals surface area contributed by atoms with Crippen LogP contribution in [-0.4, -0.2) is 27.3 Å². The first-order valence-corrected chi connectivity index (χ1v) is 13.3. The van der Waals surface area contributed by atoms with E-state index in [1.54, 1.807) is 11.8 Å². The van der Waals surface area contributed by atoms with E-state index in [0.29, 0.717) is 23.8 Å². The predicted octanol–water partition coefficient (Wildman–Crippen LogP) is 6.43. The van der Waals surface area contributed by atoms with E-state index in [-0.39, 0.29) is 6.03 Å². The van der Waals surface area contributed by atoms with Gasteiger partial charge in [-0.15, -0.1) is 10.2 Å². The minimum atomic E-state index is -0.404. The number of carbonyl (C=O) groups excluding carboxylic acids is 1. The first kappa shape index (κ1) is 25.8. The SMILES string of the molecule is CCNC(=O)NC(Cc1ccccc1)c1nnc(SCc2cccc(C)c2)n1-c1cc(Cl)ccc1C. The van der Waals surface area contributed by atoms with Crippen molar-refractivity contribution in [3.05, 3.63) is 106 Å². The summed E-state index contributed by atoms with van der Waals surface area (Å²) in [5.74, 6) is 1.40. The molecule has 186 valence electrons. The van der Waals surface area contributed by atoms with Crippen LogP contribution in [0.15, 0.2) is 78.0 Å². The van der Waals surface area contributed by atoms with E-state index in [9.17, 15) is 4.79 Å². The van der Waals surface area contributed by atoms with Gasteiger partial charge in [-0.25, -0.2) is 4.79 Å². The predicted molar refractivity (Wildman–Crippen MR) is 147 cm³/mol. The quantitative estimate of drug-likeness (QED) is 0.250. The Morgan fingerprint density at radius 3 is 2.53 bits per heavy atom. The molecular weight excluding hydrogens is 490 g/mol. The molecule has 0 aliphatic carbocycles. The number of nitrogens with one attached hydrogen (secondary N) is 2. The highest BCUT2D eigenvalue weighted by atomic mass is 35.5. The van der Waals surface area contributed by atoms with Gasteiger partial charge in [-0.05, 0) is 49.6 Å². The Morgan fingerprint density at radius 1 is 1.00 bits per heavy atom. The summed E-state index contributed by atoms with van der Waals surface area (Å²) < 4.78 is 2.03. The fraction of sp³-hybridized carbons (Fsp3) is 0.250. The molecule has 0 bridgehead atoms. The van der Waals surface area contributed by atoms with Gasteiger partial charge in [0, 0.05) is 23.7 Å². The third-order valence-electron chi connectivity index (χ3n) is 5.76. The summed E-state index contributed by atoms with van der Waals surface area (Å²) in [5.41, 5.74) is 5.44. The van der Waals surface area contributed by atoms with Crippen molar-refractivity contribution in [2.45, 2.75) is 44.1 Å². The standard InChI is InChI=1S/C28H30ClN5OS/c1-4-30-27(35)31-24(16-21-10-6-5-7-11-21)26-32-33-28(36-18-22-12-8-9-19(2)15-22)34(26)25-17-23(29)14-13-20(25)3/h5-15,17,24H,4,16,18H2,1-3H3,(H2,30,31,35). The molecule has 2 amide bonds. The van der Waals surface area contributed by atoms with Crippen molar-refractivity contribution in [1.29, 1.82) is 0 Å². The maximum Gasteiger partial charge on any atom is 0.315 e. The van der Waals surface area contributed by atoms with Crippen molar-refractivity contribution >= 4 is 29.4 Å². The van der Waals surface area contributed by atoms with Gasteiger partial charge in [-0.3, -0.25) is 4.57 Å². The molecule has 3 aromatic carbocycles. The van der Waals surface area contributed by atoms with E-state index >= 15 is 0 Å². The molecule has 8 heteroatoms. The van der Waals surface area contributed by atoms with Crippen molar-refractivity contribution in [3.8, 4) is 5.69 Å². The van der Waals surface area contributed by atoms with Crippen LogP contribution in [0.3, 0.4) is 0 Å². The van der Waals surface area contributed by atoms with Gasteiger partial charge < -0.3 is 10.6 Å². The molecule has 0 aliphatic rings. The van der Waals surface area contributed by atoms with E-state index in [1.165, 1.54) is 11.1 Å². The number of carbonyl (C=O) groups is 1. The number of rotatable bonds is 9. The molecule has 0 radical (unpaired) electrons. The zero-order valence-corrected chi connectivity index (χ0v) is 22.2. The molecule has 1 atom stereocenters. The second kappa shape index (κ2) is 12.1. The maximum atomic E-state index is 12.6. The molecule has 6 nitrogen and oxygen atoms in total. The molecule has 0 fully saturated rings. The van der Waals surface area contributed by atoms with Gasteiger partial charge in [-0.2, -0.15) is 0 Å². The summed E-state index contributed by atoms with van der Waals surface area (Å²) in [4.78, 5) is 12.6. The van der Waals surface area contributed by atoms with Crippen LogP contribution in [0.25, 0.3) is 5.69 Å². The number of benzene rings is 3. The molecule has 36 heavy (non-hydrogen) atoms. The maximum absolute atomic E-state index is 12.6. The van der Waals surface area contributed by atoms with E-state index in [2.05, 4.69) is 52.0 Å². The summed E-state index contributed by atoms with van der Waals surface area (Å²) in [5, 5.41) is 16.5. The number of hydrogen-bond acceptors (Lipinski definition) is 4. The van der Waals surface area contributed by atoms with Crippen LogP contribution in [0.4, 0.5) is 4.79 Å². The summed E-state index contributed by atoms with van der Waals surface area (Å²) in [6.45, 7) is 6.55. The topological polar surface area (TPSA) is 71.8 Å². The number of halogens is 1. The lowest BCUT2D eigenvalue weighted by Crippen LogP contribution is -2.39. The normalized spacial score (nSPS) is 11.8. The molecule has 4 aromatic rings. The lowest BCUT2D eigenvalue weighted by atomic mass is 10.0. The Labute approximate surface area is 221 Å².